The van der Waals surface area contributed by atoms with Crippen LogP contribution in [0.3, 0.4) is 0 Å². The maximum atomic E-state index is 12.9. The molecule has 2 saturated heterocycles. The Morgan fingerprint density at radius 1 is 1.12 bits per heavy atom. The Labute approximate surface area is 156 Å². The van der Waals surface area contributed by atoms with Crippen molar-refractivity contribution in [2.75, 3.05) is 40.3 Å². The van der Waals surface area contributed by atoms with Crippen molar-refractivity contribution < 1.29 is 13.2 Å². The van der Waals surface area contributed by atoms with Gasteiger partial charge in [-0.25, -0.2) is 12.7 Å². The summed E-state index contributed by atoms with van der Waals surface area (Å²) in [5, 5.41) is -0.450. The van der Waals surface area contributed by atoms with Crippen LogP contribution in [0, 0.1) is 0 Å². The molecule has 3 rings (SSSR count). The zero-order valence-electron chi connectivity index (χ0n) is 15.8. The zero-order chi connectivity index (χ0) is 18.9. The van der Waals surface area contributed by atoms with Crippen molar-refractivity contribution in [1.29, 1.82) is 0 Å². The number of piperidine rings is 1. The number of nitrogens with zero attached hydrogens (tertiary/aromatic N) is 3. The standard InChI is InChI=1S/C19H29N3O3S/c1-15(20(2)3)19(23)21-13-18(14-21)26(24,25)22-11-9-17(10-12-22)16-7-5-4-6-8-16/h4-8,15,17-18H,9-14H2,1-3H3/t15-/m0/s1. The summed E-state index contributed by atoms with van der Waals surface area (Å²) in [7, 11) is 0.392. The normalized spacial score (nSPS) is 21.6. The number of carbonyl (C=O) groups is 1. The Morgan fingerprint density at radius 2 is 1.69 bits per heavy atom. The summed E-state index contributed by atoms with van der Waals surface area (Å²) in [6.45, 7) is 3.62. The van der Waals surface area contributed by atoms with Gasteiger partial charge >= 0.3 is 0 Å². The smallest absolute Gasteiger partial charge is 0.239 e. The first-order chi connectivity index (χ1) is 12.3. The van der Waals surface area contributed by atoms with Gasteiger partial charge in [-0.3, -0.25) is 9.69 Å². The molecule has 0 radical (unpaired) electrons. The molecule has 7 heteroatoms. The molecule has 1 atom stereocenters. The molecule has 0 bridgehead atoms. The minimum absolute atomic E-state index is 0.00392. The number of benzene rings is 1. The molecule has 6 nitrogen and oxygen atoms in total. The van der Waals surface area contributed by atoms with Gasteiger partial charge in [0.2, 0.25) is 15.9 Å². The van der Waals surface area contributed by atoms with Gasteiger partial charge in [0, 0.05) is 26.2 Å². The topological polar surface area (TPSA) is 60.9 Å². The lowest BCUT2D eigenvalue weighted by Gasteiger charge is -2.43. The maximum Gasteiger partial charge on any atom is 0.239 e. The molecular formula is C19H29N3O3S. The Morgan fingerprint density at radius 3 is 2.23 bits per heavy atom. The molecule has 26 heavy (non-hydrogen) atoms. The molecule has 2 aliphatic heterocycles. The average molecular weight is 380 g/mol. The predicted molar refractivity (Wildman–Crippen MR) is 102 cm³/mol. The minimum atomic E-state index is -3.32. The second-order valence-electron chi connectivity index (χ2n) is 7.63. The van der Waals surface area contributed by atoms with Gasteiger partial charge in [-0.05, 0) is 45.3 Å². The lowest BCUT2D eigenvalue weighted by Crippen LogP contribution is -2.62. The summed E-state index contributed by atoms with van der Waals surface area (Å²) in [6.07, 6.45) is 1.71. The van der Waals surface area contributed by atoms with E-state index in [0.717, 1.165) is 12.8 Å². The van der Waals surface area contributed by atoms with Crippen molar-refractivity contribution in [2.45, 2.75) is 37.0 Å². The van der Waals surface area contributed by atoms with Gasteiger partial charge in [0.05, 0.1) is 6.04 Å². The Hall–Kier alpha value is -1.44. The molecular weight excluding hydrogens is 350 g/mol. The largest absolute Gasteiger partial charge is 0.338 e. The molecule has 0 aliphatic carbocycles. The molecule has 1 aromatic carbocycles. The highest BCUT2D eigenvalue weighted by Gasteiger charge is 2.44. The summed E-state index contributed by atoms with van der Waals surface area (Å²) in [5.41, 5.74) is 1.29. The molecule has 1 amide bonds. The Bertz CT molecular complexity index is 722. The molecule has 2 heterocycles. The van der Waals surface area contributed by atoms with Crippen LogP contribution in [0.1, 0.15) is 31.2 Å². The van der Waals surface area contributed by atoms with Crippen LogP contribution in [0.15, 0.2) is 30.3 Å². The molecule has 0 N–H and O–H groups in total. The molecule has 2 fully saturated rings. The SMILES string of the molecule is C[C@@H](C(=O)N1CC(S(=O)(=O)N2CCC(c3ccccc3)CC2)C1)N(C)C. The third-order valence-corrected chi connectivity index (χ3v) is 8.02. The number of likely N-dealkylation sites (N-methyl/N-ethyl adjacent to an activating group) is 1. The van der Waals surface area contributed by atoms with Crippen molar-refractivity contribution in [2.24, 2.45) is 0 Å². The summed E-state index contributed by atoms with van der Waals surface area (Å²) in [5.74, 6) is 0.437. The maximum absolute atomic E-state index is 12.9. The quantitative estimate of drug-likeness (QED) is 0.775. The van der Waals surface area contributed by atoms with Crippen LogP contribution in [-0.2, 0) is 14.8 Å². The van der Waals surface area contributed by atoms with Crippen LogP contribution >= 0.6 is 0 Å². The molecule has 144 valence electrons. The fourth-order valence-electron chi connectivity index (χ4n) is 3.67. The van der Waals surface area contributed by atoms with Crippen LogP contribution in [0.25, 0.3) is 0 Å². The molecule has 0 unspecified atom stereocenters. The van der Waals surface area contributed by atoms with Gasteiger partial charge < -0.3 is 4.90 Å². The lowest BCUT2D eigenvalue weighted by molar-refractivity contribution is -0.138. The first kappa shape index (κ1) is 19.3. The van der Waals surface area contributed by atoms with Gasteiger partial charge in [0.25, 0.3) is 0 Å². The molecule has 0 spiro atoms. The summed E-state index contributed by atoms with van der Waals surface area (Å²) in [6, 6.07) is 10.1. The van der Waals surface area contributed by atoms with E-state index in [-0.39, 0.29) is 11.9 Å². The molecule has 2 aliphatic rings. The lowest BCUT2D eigenvalue weighted by atomic mass is 9.90. The van der Waals surface area contributed by atoms with Crippen molar-refractivity contribution in [3.8, 4) is 0 Å². The second kappa shape index (κ2) is 7.66. The van der Waals surface area contributed by atoms with E-state index in [1.54, 1.807) is 9.21 Å². The first-order valence-corrected chi connectivity index (χ1v) is 10.8. The van der Waals surface area contributed by atoms with Crippen LogP contribution in [0.4, 0.5) is 0 Å². The highest BCUT2D eigenvalue weighted by atomic mass is 32.2. The fourth-order valence-corrected chi connectivity index (χ4v) is 5.55. The Kier molecular flexibility index (Phi) is 5.69. The number of hydrogen-bond acceptors (Lipinski definition) is 4. The van der Waals surface area contributed by atoms with Gasteiger partial charge in [0.15, 0.2) is 0 Å². The second-order valence-corrected chi connectivity index (χ2v) is 9.85. The van der Waals surface area contributed by atoms with Crippen molar-refractivity contribution in [1.82, 2.24) is 14.1 Å². The fraction of sp³-hybridized carbons (Fsp3) is 0.632. The third-order valence-electron chi connectivity index (χ3n) is 5.80. The van der Waals surface area contributed by atoms with Crippen molar-refractivity contribution >= 4 is 15.9 Å². The van der Waals surface area contributed by atoms with E-state index in [1.807, 2.05) is 44.1 Å². The van der Waals surface area contributed by atoms with Gasteiger partial charge in [-0.2, -0.15) is 0 Å². The van der Waals surface area contributed by atoms with Gasteiger partial charge in [0.1, 0.15) is 5.25 Å². The van der Waals surface area contributed by atoms with E-state index in [0.29, 0.717) is 32.1 Å². The van der Waals surface area contributed by atoms with Crippen molar-refractivity contribution in [3.63, 3.8) is 0 Å². The predicted octanol–water partition coefficient (Wildman–Crippen LogP) is 1.36. The van der Waals surface area contributed by atoms with E-state index in [9.17, 15) is 13.2 Å². The number of sulfonamides is 1. The molecule has 0 saturated carbocycles. The summed E-state index contributed by atoms with van der Waals surface area (Å²) in [4.78, 5) is 15.8. The first-order valence-electron chi connectivity index (χ1n) is 9.30. The number of rotatable bonds is 5. The highest BCUT2D eigenvalue weighted by Crippen LogP contribution is 2.31. The summed E-state index contributed by atoms with van der Waals surface area (Å²) >= 11 is 0. The Balaban J connectivity index is 1.54. The van der Waals surface area contributed by atoms with Crippen LogP contribution in [0.2, 0.25) is 0 Å². The van der Waals surface area contributed by atoms with E-state index in [2.05, 4.69) is 12.1 Å². The van der Waals surface area contributed by atoms with Crippen LogP contribution in [-0.4, -0.2) is 80.0 Å². The van der Waals surface area contributed by atoms with Gasteiger partial charge in [-0.15, -0.1) is 0 Å². The molecule has 0 aromatic heterocycles. The number of amides is 1. The van der Waals surface area contributed by atoms with Crippen molar-refractivity contribution in [3.05, 3.63) is 35.9 Å². The minimum Gasteiger partial charge on any atom is -0.338 e. The van der Waals surface area contributed by atoms with Crippen LogP contribution < -0.4 is 0 Å². The monoisotopic (exact) mass is 379 g/mol. The van der Waals surface area contributed by atoms with E-state index >= 15 is 0 Å². The van der Waals surface area contributed by atoms with E-state index in [4.69, 9.17) is 0 Å². The number of carbonyl (C=O) groups excluding carboxylic acids is 1. The van der Waals surface area contributed by atoms with Crippen LogP contribution in [0.5, 0.6) is 0 Å². The van der Waals surface area contributed by atoms with Gasteiger partial charge in [-0.1, -0.05) is 30.3 Å². The number of hydrogen-bond donors (Lipinski definition) is 0. The van der Waals surface area contributed by atoms with E-state index < -0.39 is 15.3 Å². The molecule has 1 aromatic rings. The summed E-state index contributed by atoms with van der Waals surface area (Å²) < 4.78 is 27.4. The highest BCUT2D eigenvalue weighted by molar-refractivity contribution is 7.89. The van der Waals surface area contributed by atoms with E-state index in [1.165, 1.54) is 5.56 Å². The average Bonchev–Trinajstić information content (AvgIpc) is 2.60. The zero-order valence-corrected chi connectivity index (χ0v) is 16.7. The number of likely N-dealkylation sites (tertiary alicyclic amines) is 1. The third kappa shape index (κ3) is 3.80.